The normalized spacial score (nSPS) is 10.7. The molecule has 4 heteroatoms. The minimum absolute atomic E-state index is 0.126. The Kier molecular flexibility index (Phi) is 6.39. The van der Waals surface area contributed by atoms with Crippen LogP contribution >= 0.6 is 11.8 Å². The van der Waals surface area contributed by atoms with E-state index < -0.39 is 5.41 Å². The van der Waals surface area contributed by atoms with Crippen molar-refractivity contribution in [3.05, 3.63) is 0 Å². The summed E-state index contributed by atoms with van der Waals surface area (Å²) >= 11 is 1.68. The largest absolute Gasteiger partial charge is 0.354 e. The van der Waals surface area contributed by atoms with Gasteiger partial charge in [-0.1, -0.05) is 13.8 Å². The van der Waals surface area contributed by atoms with Crippen molar-refractivity contribution in [1.29, 1.82) is 5.26 Å². The van der Waals surface area contributed by atoms with Gasteiger partial charge in [0.05, 0.1) is 6.07 Å². The van der Waals surface area contributed by atoms with Crippen molar-refractivity contribution in [2.75, 3.05) is 18.6 Å². The molecule has 0 radical (unpaired) electrons. The van der Waals surface area contributed by atoms with E-state index in [1.165, 1.54) is 0 Å². The number of nitriles is 1. The number of carbonyl (C=O) groups is 1. The molecule has 0 saturated carbocycles. The number of carbonyl (C=O) groups excluding carboxylic acids is 1. The Labute approximate surface area is 90.3 Å². The van der Waals surface area contributed by atoms with Crippen LogP contribution in [-0.4, -0.2) is 24.5 Å². The molecule has 0 saturated heterocycles. The van der Waals surface area contributed by atoms with Gasteiger partial charge in [-0.15, -0.1) is 0 Å². The Hall–Kier alpha value is -0.690. The van der Waals surface area contributed by atoms with Crippen molar-refractivity contribution in [3.63, 3.8) is 0 Å². The van der Waals surface area contributed by atoms with Crippen LogP contribution in [0, 0.1) is 16.7 Å². The topological polar surface area (TPSA) is 52.9 Å². The summed E-state index contributed by atoms with van der Waals surface area (Å²) in [5, 5.41) is 11.8. The third kappa shape index (κ3) is 3.22. The van der Waals surface area contributed by atoms with Crippen LogP contribution in [0.3, 0.4) is 0 Å². The first kappa shape index (κ1) is 13.3. The first-order chi connectivity index (χ1) is 6.66. The molecule has 1 N–H and O–H groups in total. The number of rotatable bonds is 6. The lowest BCUT2D eigenvalue weighted by Gasteiger charge is -2.21. The van der Waals surface area contributed by atoms with Gasteiger partial charge in [0.2, 0.25) is 5.91 Å². The molecule has 0 aliphatic rings. The fraction of sp³-hybridized carbons (Fsp3) is 0.800. The van der Waals surface area contributed by atoms with E-state index in [0.717, 1.165) is 5.75 Å². The lowest BCUT2D eigenvalue weighted by Crippen LogP contribution is -2.40. The van der Waals surface area contributed by atoms with Gasteiger partial charge in [0.25, 0.3) is 0 Å². The number of hydrogen-bond acceptors (Lipinski definition) is 3. The van der Waals surface area contributed by atoms with Crippen LogP contribution in [0.5, 0.6) is 0 Å². The molecule has 0 rings (SSSR count). The second-order valence-electron chi connectivity index (χ2n) is 3.15. The molecule has 3 nitrogen and oxygen atoms in total. The zero-order chi connectivity index (χ0) is 11.0. The van der Waals surface area contributed by atoms with Gasteiger partial charge in [-0.05, 0) is 19.1 Å². The minimum Gasteiger partial charge on any atom is -0.354 e. The molecule has 0 aromatic heterocycles. The Morgan fingerprint density at radius 1 is 1.50 bits per heavy atom. The van der Waals surface area contributed by atoms with Crippen molar-refractivity contribution in [3.8, 4) is 6.07 Å². The number of hydrogen-bond donors (Lipinski definition) is 1. The summed E-state index contributed by atoms with van der Waals surface area (Å²) in [5.74, 6) is 0.764. The number of nitrogens with one attached hydrogen (secondary N) is 1. The average Bonchev–Trinajstić information content (AvgIpc) is 2.22. The summed E-state index contributed by atoms with van der Waals surface area (Å²) in [5.41, 5.74) is -0.821. The number of amides is 1. The van der Waals surface area contributed by atoms with Crippen molar-refractivity contribution in [2.45, 2.75) is 26.7 Å². The molecule has 0 atom stereocenters. The zero-order valence-electron chi connectivity index (χ0n) is 9.09. The SMILES string of the molecule is CCC(C#N)(CC)C(=O)NCCSC. The van der Waals surface area contributed by atoms with Crippen molar-refractivity contribution in [1.82, 2.24) is 5.32 Å². The van der Waals surface area contributed by atoms with Crippen LogP contribution < -0.4 is 5.32 Å². The van der Waals surface area contributed by atoms with Crippen LogP contribution in [0.2, 0.25) is 0 Å². The molecule has 1 amide bonds. The van der Waals surface area contributed by atoms with Gasteiger partial charge >= 0.3 is 0 Å². The van der Waals surface area contributed by atoms with Crippen LogP contribution in [-0.2, 0) is 4.79 Å². The number of thioether (sulfide) groups is 1. The molecule has 0 aliphatic heterocycles. The fourth-order valence-electron chi connectivity index (χ4n) is 1.22. The van der Waals surface area contributed by atoms with E-state index in [2.05, 4.69) is 11.4 Å². The zero-order valence-corrected chi connectivity index (χ0v) is 9.91. The first-order valence-corrected chi connectivity index (χ1v) is 6.24. The van der Waals surface area contributed by atoms with Gasteiger partial charge in [0.1, 0.15) is 5.41 Å². The van der Waals surface area contributed by atoms with Crippen LogP contribution in [0.4, 0.5) is 0 Å². The molecular weight excluding hydrogens is 196 g/mol. The van der Waals surface area contributed by atoms with Crippen molar-refractivity contribution >= 4 is 17.7 Å². The predicted octanol–water partition coefficient (Wildman–Crippen LogP) is 1.80. The Balaban J connectivity index is 4.25. The van der Waals surface area contributed by atoms with E-state index in [1.54, 1.807) is 11.8 Å². The van der Waals surface area contributed by atoms with Crippen LogP contribution in [0.25, 0.3) is 0 Å². The molecule has 80 valence electrons. The summed E-state index contributed by atoms with van der Waals surface area (Å²) in [7, 11) is 0. The standard InChI is InChI=1S/C10H18N2OS/c1-4-10(5-2,8-11)9(13)12-6-7-14-3/h4-7H2,1-3H3,(H,12,13). The molecule has 0 unspecified atom stereocenters. The highest BCUT2D eigenvalue weighted by Gasteiger charge is 2.34. The highest BCUT2D eigenvalue weighted by Crippen LogP contribution is 2.25. The van der Waals surface area contributed by atoms with Gasteiger partial charge < -0.3 is 5.32 Å². The van der Waals surface area contributed by atoms with Crippen LogP contribution in [0.1, 0.15) is 26.7 Å². The predicted molar refractivity (Wildman–Crippen MR) is 60.0 cm³/mol. The maximum absolute atomic E-state index is 11.7. The summed E-state index contributed by atoms with van der Waals surface area (Å²) in [6.07, 6.45) is 3.14. The Morgan fingerprint density at radius 3 is 2.43 bits per heavy atom. The summed E-state index contributed by atoms with van der Waals surface area (Å²) in [6.45, 7) is 4.39. The lowest BCUT2D eigenvalue weighted by atomic mass is 9.83. The molecule has 0 aromatic carbocycles. The molecule has 0 heterocycles. The highest BCUT2D eigenvalue weighted by atomic mass is 32.2. The minimum atomic E-state index is -0.821. The molecule has 14 heavy (non-hydrogen) atoms. The molecule has 0 aliphatic carbocycles. The molecule has 0 bridgehead atoms. The van der Waals surface area contributed by atoms with E-state index in [9.17, 15) is 4.79 Å². The first-order valence-electron chi connectivity index (χ1n) is 4.85. The summed E-state index contributed by atoms with van der Waals surface area (Å²) in [4.78, 5) is 11.7. The maximum atomic E-state index is 11.7. The second-order valence-corrected chi connectivity index (χ2v) is 4.14. The van der Waals surface area contributed by atoms with E-state index in [0.29, 0.717) is 19.4 Å². The Morgan fingerprint density at radius 2 is 2.07 bits per heavy atom. The second kappa shape index (κ2) is 6.72. The maximum Gasteiger partial charge on any atom is 0.240 e. The van der Waals surface area contributed by atoms with E-state index >= 15 is 0 Å². The number of nitrogens with zero attached hydrogens (tertiary/aromatic N) is 1. The monoisotopic (exact) mass is 214 g/mol. The van der Waals surface area contributed by atoms with Crippen LogP contribution in [0.15, 0.2) is 0 Å². The van der Waals surface area contributed by atoms with E-state index in [-0.39, 0.29) is 5.91 Å². The van der Waals surface area contributed by atoms with E-state index in [4.69, 9.17) is 5.26 Å². The van der Waals surface area contributed by atoms with Gasteiger partial charge in [-0.3, -0.25) is 4.79 Å². The van der Waals surface area contributed by atoms with Crippen molar-refractivity contribution in [2.24, 2.45) is 5.41 Å². The smallest absolute Gasteiger partial charge is 0.240 e. The molecule has 0 spiro atoms. The lowest BCUT2D eigenvalue weighted by molar-refractivity contribution is -0.128. The Bertz CT molecular complexity index is 219. The molecular formula is C10H18N2OS. The van der Waals surface area contributed by atoms with Gasteiger partial charge in [0, 0.05) is 12.3 Å². The van der Waals surface area contributed by atoms with Gasteiger partial charge in [-0.2, -0.15) is 17.0 Å². The fourth-order valence-corrected chi connectivity index (χ4v) is 1.52. The summed E-state index contributed by atoms with van der Waals surface area (Å²) in [6, 6.07) is 2.12. The third-order valence-electron chi connectivity index (χ3n) is 2.45. The highest BCUT2D eigenvalue weighted by molar-refractivity contribution is 7.98. The van der Waals surface area contributed by atoms with Crippen molar-refractivity contribution < 1.29 is 4.79 Å². The average molecular weight is 214 g/mol. The van der Waals surface area contributed by atoms with E-state index in [1.807, 2.05) is 20.1 Å². The molecule has 0 aromatic rings. The van der Waals surface area contributed by atoms with Gasteiger partial charge in [0.15, 0.2) is 0 Å². The van der Waals surface area contributed by atoms with Gasteiger partial charge in [-0.25, -0.2) is 0 Å². The summed E-state index contributed by atoms with van der Waals surface area (Å²) < 4.78 is 0. The third-order valence-corrected chi connectivity index (χ3v) is 3.06. The quantitative estimate of drug-likeness (QED) is 0.686. The molecule has 0 fully saturated rings.